The zero-order chi connectivity index (χ0) is 18.0. The van der Waals surface area contributed by atoms with Crippen LogP contribution in [0, 0.1) is 5.92 Å². The zero-order valence-corrected chi connectivity index (χ0v) is 14.7. The number of benzene rings is 2. The first kappa shape index (κ1) is 17.3. The number of hydrogen-bond acceptors (Lipinski definition) is 4. The van der Waals surface area contributed by atoms with Crippen molar-refractivity contribution in [2.75, 3.05) is 19.5 Å². The second-order valence-electron chi connectivity index (χ2n) is 5.88. The first-order valence-electron chi connectivity index (χ1n) is 7.84. The number of anilines is 1. The Labute approximate surface area is 150 Å². The van der Waals surface area contributed by atoms with E-state index in [1.165, 1.54) is 7.11 Å². The predicted octanol–water partition coefficient (Wildman–Crippen LogP) is 3.42. The molecule has 2 atom stereocenters. The second kappa shape index (κ2) is 7.15. The minimum atomic E-state index is -0.940. The molecule has 130 valence electrons. The Morgan fingerprint density at radius 1 is 1.16 bits per heavy atom. The molecule has 3 rings (SSSR count). The molecule has 6 heteroatoms. The molecule has 1 heterocycles. The molecule has 1 aliphatic heterocycles. The molecule has 0 bridgehead atoms. The summed E-state index contributed by atoms with van der Waals surface area (Å²) in [7, 11) is 2.87. The van der Waals surface area contributed by atoms with Crippen LogP contribution in [0.25, 0.3) is 0 Å². The van der Waals surface area contributed by atoms with E-state index < -0.39 is 11.9 Å². The summed E-state index contributed by atoms with van der Waals surface area (Å²) < 4.78 is 10.1. The maximum Gasteiger partial charge on any atom is 0.318 e. The highest BCUT2D eigenvalue weighted by Gasteiger charge is 2.39. The summed E-state index contributed by atoms with van der Waals surface area (Å²) in [4.78, 5) is 25.0. The van der Waals surface area contributed by atoms with Crippen LogP contribution in [0.4, 0.5) is 5.69 Å². The van der Waals surface area contributed by atoms with Crippen LogP contribution in [0.15, 0.2) is 42.5 Å². The van der Waals surface area contributed by atoms with Crippen LogP contribution in [0.5, 0.6) is 5.75 Å². The molecule has 1 aliphatic rings. The summed E-state index contributed by atoms with van der Waals surface area (Å²) in [5, 5.41) is 3.40. The quantitative estimate of drug-likeness (QED) is 0.673. The standard InChI is InChI=1S/C19H18ClNO4/c1-24-14-6-3-11(4-7-14)15-10-12-9-13(20)5-8-16(12)21-18(22)17(15)19(23)25-2/h3-9,15,17H,10H2,1-2H3,(H,21,22). The van der Waals surface area contributed by atoms with Crippen molar-refractivity contribution in [1.82, 2.24) is 0 Å². The Balaban J connectivity index is 2.08. The minimum absolute atomic E-state index is 0.363. The maximum absolute atomic E-state index is 12.7. The van der Waals surface area contributed by atoms with E-state index in [0.717, 1.165) is 11.1 Å². The van der Waals surface area contributed by atoms with E-state index in [9.17, 15) is 9.59 Å². The first-order valence-corrected chi connectivity index (χ1v) is 8.22. The highest BCUT2D eigenvalue weighted by Crippen LogP contribution is 2.37. The number of esters is 1. The minimum Gasteiger partial charge on any atom is -0.497 e. The van der Waals surface area contributed by atoms with Crippen LogP contribution in [-0.2, 0) is 20.7 Å². The van der Waals surface area contributed by atoms with Crippen molar-refractivity contribution < 1.29 is 19.1 Å². The van der Waals surface area contributed by atoms with Crippen molar-refractivity contribution in [2.24, 2.45) is 5.92 Å². The third-order valence-electron chi connectivity index (χ3n) is 4.45. The van der Waals surface area contributed by atoms with Crippen LogP contribution >= 0.6 is 11.6 Å². The fourth-order valence-corrected chi connectivity index (χ4v) is 3.36. The van der Waals surface area contributed by atoms with Crippen molar-refractivity contribution in [3.8, 4) is 5.75 Å². The number of carbonyl (C=O) groups is 2. The van der Waals surface area contributed by atoms with Gasteiger partial charge in [0.1, 0.15) is 11.7 Å². The number of nitrogens with one attached hydrogen (secondary N) is 1. The molecule has 5 nitrogen and oxygen atoms in total. The molecule has 0 spiro atoms. The van der Waals surface area contributed by atoms with Gasteiger partial charge in [-0.3, -0.25) is 9.59 Å². The molecule has 0 saturated heterocycles. The van der Waals surface area contributed by atoms with Gasteiger partial charge in [-0.1, -0.05) is 23.7 Å². The van der Waals surface area contributed by atoms with Crippen molar-refractivity contribution >= 4 is 29.2 Å². The van der Waals surface area contributed by atoms with Crippen molar-refractivity contribution in [1.29, 1.82) is 0 Å². The normalized spacial score (nSPS) is 19.4. The fourth-order valence-electron chi connectivity index (χ4n) is 3.16. The monoisotopic (exact) mass is 359 g/mol. The first-order chi connectivity index (χ1) is 12.0. The summed E-state index contributed by atoms with van der Waals surface area (Å²) in [6, 6.07) is 12.6. The number of halogens is 1. The smallest absolute Gasteiger partial charge is 0.318 e. The summed E-state index contributed by atoms with van der Waals surface area (Å²) in [6.45, 7) is 0. The average molecular weight is 360 g/mol. The summed E-state index contributed by atoms with van der Waals surface area (Å²) in [5.74, 6) is -1.53. The molecule has 0 saturated carbocycles. The van der Waals surface area contributed by atoms with Crippen molar-refractivity contribution in [2.45, 2.75) is 12.3 Å². The van der Waals surface area contributed by atoms with E-state index in [4.69, 9.17) is 21.1 Å². The fraction of sp³-hybridized carbons (Fsp3) is 0.263. The maximum atomic E-state index is 12.7. The molecule has 1 N–H and O–H groups in total. The Hall–Kier alpha value is -2.53. The van der Waals surface area contributed by atoms with E-state index in [1.807, 2.05) is 30.3 Å². The molecule has 2 aromatic carbocycles. The van der Waals surface area contributed by atoms with E-state index in [2.05, 4.69) is 5.32 Å². The van der Waals surface area contributed by atoms with Gasteiger partial charge in [0.15, 0.2) is 0 Å². The van der Waals surface area contributed by atoms with E-state index in [-0.39, 0.29) is 11.8 Å². The van der Waals surface area contributed by atoms with Crippen LogP contribution in [-0.4, -0.2) is 26.1 Å². The SMILES string of the molecule is COC(=O)C1C(=O)Nc2ccc(Cl)cc2CC1c1ccc(OC)cc1. The summed E-state index contributed by atoms with van der Waals surface area (Å²) in [5.41, 5.74) is 2.41. The Morgan fingerprint density at radius 2 is 1.88 bits per heavy atom. The molecule has 2 unspecified atom stereocenters. The van der Waals surface area contributed by atoms with Gasteiger partial charge in [-0.2, -0.15) is 0 Å². The van der Waals surface area contributed by atoms with Gasteiger partial charge >= 0.3 is 5.97 Å². The van der Waals surface area contributed by atoms with Gasteiger partial charge in [-0.25, -0.2) is 0 Å². The number of hydrogen-bond donors (Lipinski definition) is 1. The van der Waals surface area contributed by atoms with E-state index in [0.29, 0.717) is 22.9 Å². The van der Waals surface area contributed by atoms with Crippen molar-refractivity contribution in [3.63, 3.8) is 0 Å². The zero-order valence-electron chi connectivity index (χ0n) is 13.9. The largest absolute Gasteiger partial charge is 0.497 e. The number of carbonyl (C=O) groups excluding carboxylic acids is 2. The lowest BCUT2D eigenvalue weighted by atomic mass is 9.82. The van der Waals surface area contributed by atoms with Crippen LogP contribution < -0.4 is 10.1 Å². The van der Waals surface area contributed by atoms with Crippen LogP contribution in [0.2, 0.25) is 5.02 Å². The van der Waals surface area contributed by atoms with Gasteiger partial charge in [0, 0.05) is 16.6 Å². The van der Waals surface area contributed by atoms with E-state index >= 15 is 0 Å². The summed E-state index contributed by atoms with van der Waals surface area (Å²) in [6.07, 6.45) is 0.487. The number of ether oxygens (including phenoxy) is 2. The highest BCUT2D eigenvalue weighted by molar-refractivity contribution is 6.30. The van der Waals surface area contributed by atoms with Gasteiger partial charge in [-0.15, -0.1) is 0 Å². The molecule has 1 amide bonds. The Kier molecular flexibility index (Phi) is 4.95. The number of fused-ring (bicyclic) bond motifs is 1. The number of methoxy groups -OCH3 is 2. The molecular weight excluding hydrogens is 342 g/mol. The van der Waals surface area contributed by atoms with Gasteiger partial charge in [0.25, 0.3) is 0 Å². The Bertz CT molecular complexity index is 804. The highest BCUT2D eigenvalue weighted by atomic mass is 35.5. The molecule has 25 heavy (non-hydrogen) atoms. The summed E-state index contributed by atoms with van der Waals surface area (Å²) >= 11 is 6.10. The van der Waals surface area contributed by atoms with Gasteiger partial charge in [-0.05, 0) is 47.9 Å². The third kappa shape index (κ3) is 3.46. The molecular formula is C19H18ClNO4. The molecule has 0 aliphatic carbocycles. The predicted molar refractivity (Wildman–Crippen MR) is 95.0 cm³/mol. The van der Waals surface area contributed by atoms with Crippen LogP contribution in [0.1, 0.15) is 17.0 Å². The van der Waals surface area contributed by atoms with Gasteiger partial charge < -0.3 is 14.8 Å². The van der Waals surface area contributed by atoms with Gasteiger partial charge in [0.05, 0.1) is 14.2 Å². The van der Waals surface area contributed by atoms with Crippen molar-refractivity contribution in [3.05, 3.63) is 58.6 Å². The van der Waals surface area contributed by atoms with Crippen LogP contribution in [0.3, 0.4) is 0 Å². The third-order valence-corrected chi connectivity index (χ3v) is 4.68. The molecule has 0 radical (unpaired) electrons. The van der Waals surface area contributed by atoms with Gasteiger partial charge in [0.2, 0.25) is 5.91 Å². The number of rotatable bonds is 3. The lowest BCUT2D eigenvalue weighted by molar-refractivity contribution is -0.149. The Morgan fingerprint density at radius 3 is 2.52 bits per heavy atom. The topological polar surface area (TPSA) is 64.6 Å². The van der Waals surface area contributed by atoms with E-state index in [1.54, 1.807) is 19.2 Å². The average Bonchev–Trinajstić information content (AvgIpc) is 2.76. The molecule has 0 fully saturated rings. The lowest BCUT2D eigenvalue weighted by Crippen LogP contribution is -2.34. The second-order valence-corrected chi connectivity index (χ2v) is 6.31. The lowest BCUT2D eigenvalue weighted by Gasteiger charge is -2.22. The molecule has 0 aromatic heterocycles. The molecule has 2 aromatic rings. The number of amides is 1.